The van der Waals surface area contributed by atoms with E-state index in [9.17, 15) is 13.2 Å². The topological polar surface area (TPSA) is 87.3 Å². The van der Waals surface area contributed by atoms with Gasteiger partial charge in [0, 0.05) is 23.3 Å². The molecule has 3 N–H and O–H groups in total. The van der Waals surface area contributed by atoms with Crippen LogP contribution in [0.15, 0.2) is 53.4 Å². The Morgan fingerprint density at radius 1 is 1.11 bits per heavy atom. The van der Waals surface area contributed by atoms with E-state index in [4.69, 9.17) is 0 Å². The Balaban J connectivity index is 0.00000280. The van der Waals surface area contributed by atoms with Crippen molar-refractivity contribution >= 4 is 39.7 Å². The summed E-state index contributed by atoms with van der Waals surface area (Å²) in [4.78, 5) is 12.7. The van der Waals surface area contributed by atoms with Crippen molar-refractivity contribution in [2.24, 2.45) is 5.92 Å². The number of para-hydroxylation sites is 1. The molecule has 8 heteroatoms. The molecular weight excluding hydrogens is 398 g/mol. The van der Waals surface area contributed by atoms with E-state index >= 15 is 0 Å². The molecule has 1 amide bonds. The molecule has 2 aromatic carbocycles. The minimum atomic E-state index is -3.75. The highest BCUT2D eigenvalue weighted by Gasteiger charge is 2.25. The summed E-state index contributed by atoms with van der Waals surface area (Å²) in [6.45, 7) is 4.61. The van der Waals surface area contributed by atoms with Crippen LogP contribution in [0.3, 0.4) is 0 Å². The lowest BCUT2D eigenvalue weighted by Gasteiger charge is -2.27. The van der Waals surface area contributed by atoms with Gasteiger partial charge >= 0.3 is 0 Å². The molecule has 0 bridgehead atoms. The number of hydrogen-bond donors (Lipinski definition) is 3. The molecule has 2 aromatic rings. The number of sulfonamides is 1. The molecule has 0 spiro atoms. The van der Waals surface area contributed by atoms with Crippen LogP contribution in [0.1, 0.15) is 25.3 Å². The molecule has 1 fully saturated rings. The van der Waals surface area contributed by atoms with E-state index in [0.717, 1.165) is 19.4 Å². The van der Waals surface area contributed by atoms with Gasteiger partial charge in [-0.1, -0.05) is 24.3 Å². The van der Waals surface area contributed by atoms with Gasteiger partial charge in [0.25, 0.3) is 10.0 Å². The summed E-state index contributed by atoms with van der Waals surface area (Å²) in [5.74, 6) is -0.128. The highest BCUT2D eigenvalue weighted by molar-refractivity contribution is 7.92. The summed E-state index contributed by atoms with van der Waals surface area (Å²) in [6.07, 6.45) is 1.56. The van der Waals surface area contributed by atoms with Crippen molar-refractivity contribution in [2.45, 2.75) is 37.6 Å². The molecule has 1 aliphatic rings. The Kier molecular flexibility index (Phi) is 7.46. The van der Waals surface area contributed by atoms with Crippen LogP contribution in [0.25, 0.3) is 0 Å². The normalized spacial score (nSPS) is 19.4. The Morgan fingerprint density at radius 3 is 2.50 bits per heavy atom. The molecule has 3 rings (SSSR count). The number of piperidine rings is 1. The van der Waals surface area contributed by atoms with E-state index in [1.165, 1.54) is 6.07 Å². The molecular formula is C20H26ClN3O3S. The summed E-state index contributed by atoms with van der Waals surface area (Å²) in [7, 11) is -3.75. The van der Waals surface area contributed by atoms with Crippen LogP contribution in [0.4, 0.5) is 11.4 Å². The molecule has 2 atom stereocenters. The lowest BCUT2D eigenvalue weighted by Crippen LogP contribution is -2.40. The van der Waals surface area contributed by atoms with E-state index < -0.39 is 10.0 Å². The zero-order chi connectivity index (χ0) is 19.4. The van der Waals surface area contributed by atoms with E-state index in [1.54, 1.807) is 43.3 Å². The quantitative estimate of drug-likeness (QED) is 0.686. The van der Waals surface area contributed by atoms with Crippen molar-refractivity contribution in [3.63, 3.8) is 0 Å². The van der Waals surface area contributed by atoms with Crippen molar-refractivity contribution < 1.29 is 13.2 Å². The summed E-state index contributed by atoms with van der Waals surface area (Å²) < 4.78 is 28.1. The van der Waals surface area contributed by atoms with Gasteiger partial charge in [-0.3, -0.25) is 9.52 Å². The smallest absolute Gasteiger partial charge is 0.262 e. The van der Waals surface area contributed by atoms with Crippen LogP contribution in [0, 0.1) is 12.8 Å². The molecule has 0 radical (unpaired) electrons. The molecule has 6 nitrogen and oxygen atoms in total. The number of halogens is 1. The fourth-order valence-corrected chi connectivity index (χ4v) is 4.63. The molecule has 0 saturated carbocycles. The zero-order valence-corrected chi connectivity index (χ0v) is 17.6. The van der Waals surface area contributed by atoms with Gasteiger partial charge in [0.15, 0.2) is 0 Å². The lowest BCUT2D eigenvalue weighted by atomic mass is 9.92. The maximum absolute atomic E-state index is 12.8. The predicted molar refractivity (Wildman–Crippen MR) is 114 cm³/mol. The standard InChI is InChI=1S/C20H25N3O3S.ClH/c1-14-8-9-18(22-20(24)16-10-11-21-15(2)12-16)13-19(14)27(25,26)23-17-6-4-3-5-7-17;/h3-9,13,15-16,21,23H,10-12H2,1-2H3,(H,22,24);1H/t15-,16-;/m0./s1. The zero-order valence-electron chi connectivity index (χ0n) is 15.9. The SMILES string of the molecule is Cc1ccc(NC(=O)[C@H]2CCN[C@@H](C)C2)cc1S(=O)(=O)Nc1ccccc1.Cl. The molecule has 28 heavy (non-hydrogen) atoms. The van der Waals surface area contributed by atoms with Crippen molar-refractivity contribution in [3.8, 4) is 0 Å². The van der Waals surface area contributed by atoms with Crippen LogP contribution in [0.5, 0.6) is 0 Å². The molecule has 0 unspecified atom stereocenters. The summed E-state index contributed by atoms with van der Waals surface area (Å²) in [5, 5.41) is 6.20. The molecule has 0 aromatic heterocycles. The lowest BCUT2D eigenvalue weighted by molar-refractivity contribution is -0.120. The molecule has 1 heterocycles. The first-order valence-electron chi connectivity index (χ1n) is 9.08. The number of benzene rings is 2. The Hall–Kier alpha value is -2.09. The monoisotopic (exact) mass is 423 g/mol. The first kappa shape index (κ1) is 22.2. The fraction of sp³-hybridized carbons (Fsp3) is 0.350. The fourth-order valence-electron chi connectivity index (χ4n) is 3.30. The van der Waals surface area contributed by atoms with Crippen molar-refractivity contribution in [3.05, 3.63) is 54.1 Å². The molecule has 1 saturated heterocycles. The van der Waals surface area contributed by atoms with Gasteiger partial charge in [0.2, 0.25) is 5.91 Å². The van der Waals surface area contributed by atoms with E-state index in [-0.39, 0.29) is 29.1 Å². The minimum absolute atomic E-state index is 0. The summed E-state index contributed by atoms with van der Waals surface area (Å²) in [6, 6.07) is 14.0. The number of carbonyl (C=O) groups excluding carboxylic acids is 1. The van der Waals surface area contributed by atoms with Gasteiger partial charge in [-0.2, -0.15) is 0 Å². The van der Waals surface area contributed by atoms with Crippen LogP contribution in [0.2, 0.25) is 0 Å². The summed E-state index contributed by atoms with van der Waals surface area (Å²) in [5.41, 5.74) is 1.60. The van der Waals surface area contributed by atoms with Gasteiger partial charge in [0.1, 0.15) is 0 Å². The minimum Gasteiger partial charge on any atom is -0.326 e. The van der Waals surface area contributed by atoms with Crippen molar-refractivity contribution in [2.75, 3.05) is 16.6 Å². The molecule has 1 aliphatic heterocycles. The first-order chi connectivity index (χ1) is 12.8. The number of carbonyl (C=O) groups is 1. The average Bonchev–Trinajstić information content (AvgIpc) is 2.63. The first-order valence-corrected chi connectivity index (χ1v) is 10.6. The number of rotatable bonds is 5. The maximum Gasteiger partial charge on any atom is 0.262 e. The number of anilines is 2. The van der Waals surface area contributed by atoms with Gasteiger partial charge in [-0.15, -0.1) is 12.4 Å². The number of hydrogen-bond acceptors (Lipinski definition) is 4. The molecule has 152 valence electrons. The Labute approximate surface area is 172 Å². The van der Waals surface area contributed by atoms with E-state index in [2.05, 4.69) is 22.3 Å². The average molecular weight is 424 g/mol. The Bertz CT molecular complexity index is 920. The van der Waals surface area contributed by atoms with Crippen LogP contribution < -0.4 is 15.4 Å². The number of aryl methyl sites for hydroxylation is 1. The molecule has 0 aliphatic carbocycles. The highest BCUT2D eigenvalue weighted by Crippen LogP contribution is 2.24. The van der Waals surface area contributed by atoms with Gasteiger partial charge < -0.3 is 10.6 Å². The second-order valence-electron chi connectivity index (χ2n) is 7.02. The van der Waals surface area contributed by atoms with Crippen molar-refractivity contribution in [1.82, 2.24) is 5.32 Å². The van der Waals surface area contributed by atoms with E-state index in [0.29, 0.717) is 23.0 Å². The maximum atomic E-state index is 12.8. The van der Waals surface area contributed by atoms with Crippen LogP contribution in [-0.4, -0.2) is 26.9 Å². The second-order valence-corrected chi connectivity index (χ2v) is 8.67. The van der Waals surface area contributed by atoms with E-state index in [1.807, 2.05) is 6.07 Å². The van der Waals surface area contributed by atoms with Gasteiger partial charge in [-0.05, 0) is 63.1 Å². The third-order valence-corrected chi connectivity index (χ3v) is 6.29. The predicted octanol–water partition coefficient (Wildman–Crippen LogP) is 3.54. The van der Waals surface area contributed by atoms with Gasteiger partial charge in [-0.25, -0.2) is 8.42 Å². The largest absolute Gasteiger partial charge is 0.326 e. The number of amides is 1. The Morgan fingerprint density at radius 2 is 1.82 bits per heavy atom. The van der Waals surface area contributed by atoms with Crippen LogP contribution in [-0.2, 0) is 14.8 Å². The number of nitrogens with one attached hydrogen (secondary N) is 3. The highest BCUT2D eigenvalue weighted by atomic mass is 35.5. The van der Waals surface area contributed by atoms with Crippen LogP contribution >= 0.6 is 12.4 Å². The third kappa shape index (κ3) is 5.47. The summed E-state index contributed by atoms with van der Waals surface area (Å²) >= 11 is 0. The van der Waals surface area contributed by atoms with Gasteiger partial charge in [0.05, 0.1) is 4.90 Å². The van der Waals surface area contributed by atoms with Crippen molar-refractivity contribution in [1.29, 1.82) is 0 Å². The second kappa shape index (κ2) is 9.41. The third-order valence-electron chi connectivity index (χ3n) is 4.77.